The number of piperidine rings is 1. The molecule has 2 aliphatic heterocycles. The molecule has 2 atom stereocenters. The number of aliphatic hydroxyl groups excluding tert-OH is 1. The van der Waals surface area contributed by atoms with Gasteiger partial charge in [-0.1, -0.05) is 23.7 Å². The number of aromatic amines is 1. The summed E-state index contributed by atoms with van der Waals surface area (Å²) in [6.45, 7) is 4.00. The number of benzene rings is 1. The Morgan fingerprint density at radius 1 is 1.25 bits per heavy atom. The fraction of sp³-hybridized carbons (Fsp3) is 0.458. The molecule has 36 heavy (non-hydrogen) atoms. The molecule has 4 aromatic rings. The highest BCUT2D eigenvalue weighted by molar-refractivity contribution is 6.38. The number of nitrogens with two attached hydrogens (primary N) is 1. The number of ether oxygens (including phenoxy) is 2. The number of halogens is 1. The van der Waals surface area contributed by atoms with Crippen LogP contribution in [0.3, 0.4) is 0 Å². The SMILES string of the molecule is COc1ncc2ccc(-c3n[nH]c4nc(N5CCC6(CC5)CO[C@@H](C)[C@H]6N)c(CO)nc34)c(Cl)c2n1. The van der Waals surface area contributed by atoms with Crippen LogP contribution in [0.15, 0.2) is 18.3 Å². The summed E-state index contributed by atoms with van der Waals surface area (Å²) in [5.74, 6) is 0.651. The largest absolute Gasteiger partial charge is 0.467 e. The van der Waals surface area contributed by atoms with Crippen molar-refractivity contribution in [3.63, 3.8) is 0 Å². The van der Waals surface area contributed by atoms with Crippen molar-refractivity contribution in [1.82, 2.24) is 30.1 Å². The van der Waals surface area contributed by atoms with Crippen molar-refractivity contribution in [1.29, 1.82) is 0 Å². The lowest BCUT2D eigenvalue weighted by atomic mass is 9.73. The summed E-state index contributed by atoms with van der Waals surface area (Å²) < 4.78 is 11.0. The van der Waals surface area contributed by atoms with E-state index in [2.05, 4.69) is 25.1 Å². The number of nitrogens with one attached hydrogen (secondary N) is 1. The van der Waals surface area contributed by atoms with Gasteiger partial charge >= 0.3 is 6.01 Å². The smallest absolute Gasteiger partial charge is 0.316 e. The number of aliphatic hydroxyl groups is 1. The van der Waals surface area contributed by atoms with E-state index in [0.29, 0.717) is 51.1 Å². The summed E-state index contributed by atoms with van der Waals surface area (Å²) in [5, 5.41) is 18.8. The Labute approximate surface area is 212 Å². The highest BCUT2D eigenvalue weighted by Gasteiger charge is 2.47. The van der Waals surface area contributed by atoms with E-state index in [9.17, 15) is 5.11 Å². The molecule has 1 spiro atoms. The molecular formula is C24H27ClN8O3. The minimum Gasteiger partial charge on any atom is -0.467 e. The van der Waals surface area contributed by atoms with Crippen LogP contribution in [0.1, 0.15) is 25.5 Å². The van der Waals surface area contributed by atoms with Gasteiger partial charge in [0.1, 0.15) is 16.9 Å². The second-order valence-electron chi connectivity index (χ2n) is 9.53. The van der Waals surface area contributed by atoms with E-state index >= 15 is 0 Å². The fourth-order valence-corrected chi connectivity index (χ4v) is 5.68. The lowest BCUT2D eigenvalue weighted by Gasteiger charge is -2.41. The van der Waals surface area contributed by atoms with E-state index < -0.39 is 0 Å². The number of rotatable bonds is 4. The summed E-state index contributed by atoms with van der Waals surface area (Å²) >= 11 is 6.74. The van der Waals surface area contributed by atoms with Crippen molar-refractivity contribution < 1.29 is 14.6 Å². The van der Waals surface area contributed by atoms with Gasteiger partial charge in [0, 0.05) is 41.7 Å². The third-order valence-electron chi connectivity index (χ3n) is 7.61. The molecule has 2 saturated heterocycles. The van der Waals surface area contributed by atoms with Crippen LogP contribution in [-0.2, 0) is 11.3 Å². The summed E-state index contributed by atoms with van der Waals surface area (Å²) in [6.07, 6.45) is 3.52. The topological polar surface area (TPSA) is 148 Å². The normalized spacial score (nSPS) is 21.6. The predicted octanol–water partition coefficient (Wildman–Crippen LogP) is 2.45. The molecule has 4 N–H and O–H groups in total. The number of fused-ring (bicyclic) bond motifs is 2. The van der Waals surface area contributed by atoms with Crippen molar-refractivity contribution >= 4 is 39.5 Å². The summed E-state index contributed by atoms with van der Waals surface area (Å²) in [6, 6.07) is 3.97. The monoisotopic (exact) mass is 510 g/mol. The lowest BCUT2D eigenvalue weighted by Crippen LogP contribution is -2.51. The van der Waals surface area contributed by atoms with Crippen LogP contribution < -0.4 is 15.4 Å². The van der Waals surface area contributed by atoms with Gasteiger partial charge in [-0.3, -0.25) is 5.10 Å². The molecule has 12 heteroatoms. The van der Waals surface area contributed by atoms with E-state index in [1.807, 2.05) is 19.1 Å². The van der Waals surface area contributed by atoms with Gasteiger partial charge in [0.05, 0.1) is 37.0 Å². The molecular weight excluding hydrogens is 484 g/mol. The summed E-state index contributed by atoms with van der Waals surface area (Å²) in [4.78, 5) is 20.3. The zero-order valence-corrected chi connectivity index (χ0v) is 20.8. The highest BCUT2D eigenvalue weighted by atomic mass is 35.5. The molecule has 11 nitrogen and oxygen atoms in total. The third-order valence-corrected chi connectivity index (χ3v) is 7.99. The van der Waals surface area contributed by atoms with Crippen LogP contribution in [0.4, 0.5) is 5.82 Å². The Morgan fingerprint density at radius 2 is 2.06 bits per heavy atom. The summed E-state index contributed by atoms with van der Waals surface area (Å²) in [7, 11) is 1.50. The lowest BCUT2D eigenvalue weighted by molar-refractivity contribution is 0.0973. The first-order valence-corrected chi connectivity index (χ1v) is 12.3. The van der Waals surface area contributed by atoms with Crippen LogP contribution in [0.2, 0.25) is 5.02 Å². The maximum Gasteiger partial charge on any atom is 0.316 e. The molecule has 188 valence electrons. The number of methoxy groups -OCH3 is 1. The van der Waals surface area contributed by atoms with Crippen molar-refractivity contribution in [2.24, 2.45) is 11.1 Å². The van der Waals surface area contributed by atoms with Crippen LogP contribution in [0.25, 0.3) is 33.3 Å². The number of hydrogen-bond acceptors (Lipinski definition) is 10. The van der Waals surface area contributed by atoms with Gasteiger partial charge in [-0.05, 0) is 19.8 Å². The van der Waals surface area contributed by atoms with Gasteiger partial charge in [0.2, 0.25) is 0 Å². The average molecular weight is 511 g/mol. The second kappa shape index (κ2) is 8.77. The van der Waals surface area contributed by atoms with Crippen LogP contribution in [0.5, 0.6) is 6.01 Å². The molecule has 2 fully saturated rings. The first-order chi connectivity index (χ1) is 17.4. The maximum absolute atomic E-state index is 10.2. The second-order valence-corrected chi connectivity index (χ2v) is 9.91. The first-order valence-electron chi connectivity index (χ1n) is 11.9. The van der Waals surface area contributed by atoms with E-state index in [1.54, 1.807) is 6.20 Å². The standard InChI is InChI=1S/C24H27ClN8O3/c1-12-20(26)24(11-36-12)5-7-33(8-6-24)22-15(10-34)28-19-18(31-32-21(19)30-22)14-4-3-13-9-27-23(35-2)29-17(13)16(14)25/h3-4,9,12,20,34H,5-8,10-11,26H2,1-2H3,(H,30,31,32)/t12-,20+/m0/s1. The average Bonchev–Trinajstić information content (AvgIpc) is 3.44. The van der Waals surface area contributed by atoms with Crippen molar-refractivity contribution in [3.8, 4) is 17.3 Å². The zero-order chi connectivity index (χ0) is 25.0. The van der Waals surface area contributed by atoms with Crippen molar-refractivity contribution in [3.05, 3.63) is 29.0 Å². The first kappa shape index (κ1) is 23.3. The molecule has 1 aromatic carbocycles. The highest BCUT2D eigenvalue weighted by Crippen LogP contribution is 2.42. The number of nitrogens with zero attached hydrogens (tertiary/aromatic N) is 6. The predicted molar refractivity (Wildman–Crippen MR) is 135 cm³/mol. The minimum absolute atomic E-state index is 0.00689. The molecule has 3 aromatic heterocycles. The molecule has 0 amide bonds. The molecule has 0 unspecified atom stereocenters. The maximum atomic E-state index is 10.2. The Morgan fingerprint density at radius 3 is 2.75 bits per heavy atom. The molecule has 6 rings (SSSR count). The minimum atomic E-state index is -0.250. The Bertz CT molecular complexity index is 1450. The van der Waals surface area contributed by atoms with Gasteiger partial charge in [-0.25, -0.2) is 15.0 Å². The molecule has 0 radical (unpaired) electrons. The molecule has 2 aliphatic rings. The zero-order valence-electron chi connectivity index (χ0n) is 20.0. The molecule has 5 heterocycles. The van der Waals surface area contributed by atoms with E-state index in [-0.39, 0.29) is 30.2 Å². The van der Waals surface area contributed by atoms with Crippen LogP contribution >= 0.6 is 11.6 Å². The van der Waals surface area contributed by atoms with Gasteiger partial charge in [-0.2, -0.15) is 10.1 Å². The Balaban J connectivity index is 1.36. The van der Waals surface area contributed by atoms with Gasteiger partial charge in [0.25, 0.3) is 0 Å². The van der Waals surface area contributed by atoms with Crippen molar-refractivity contribution in [2.75, 3.05) is 31.7 Å². The van der Waals surface area contributed by atoms with Crippen LogP contribution in [-0.4, -0.2) is 74.2 Å². The van der Waals surface area contributed by atoms with Crippen LogP contribution in [0, 0.1) is 5.41 Å². The number of aromatic nitrogens is 6. The number of hydrogen-bond donors (Lipinski definition) is 3. The van der Waals surface area contributed by atoms with Gasteiger partial charge in [-0.15, -0.1) is 0 Å². The fourth-order valence-electron chi connectivity index (χ4n) is 5.38. The van der Waals surface area contributed by atoms with E-state index in [4.69, 9.17) is 36.8 Å². The summed E-state index contributed by atoms with van der Waals surface area (Å²) in [5.41, 5.74) is 9.72. The number of anilines is 1. The quantitative estimate of drug-likeness (QED) is 0.373. The van der Waals surface area contributed by atoms with E-state index in [1.165, 1.54) is 7.11 Å². The molecule has 0 aliphatic carbocycles. The van der Waals surface area contributed by atoms with Crippen molar-refractivity contribution in [2.45, 2.75) is 38.5 Å². The third kappa shape index (κ3) is 3.57. The Kier molecular flexibility index (Phi) is 5.67. The van der Waals surface area contributed by atoms with Gasteiger partial charge in [0.15, 0.2) is 11.5 Å². The van der Waals surface area contributed by atoms with E-state index in [0.717, 1.165) is 31.3 Å². The Hall–Kier alpha value is -3.12. The molecule has 0 saturated carbocycles. The van der Waals surface area contributed by atoms with Gasteiger partial charge < -0.3 is 25.2 Å². The number of H-pyrrole nitrogens is 1. The molecule has 0 bridgehead atoms.